The fraction of sp³-hybridized carbons (Fsp3) is 0.727. The number of carbonyl (C=O) groups excluding carboxylic acids is 1. The van der Waals surface area contributed by atoms with Crippen LogP contribution in [0.4, 0.5) is 0 Å². The highest BCUT2D eigenvalue weighted by atomic mass is 32.2. The van der Waals surface area contributed by atoms with Gasteiger partial charge in [0.15, 0.2) is 0 Å². The maximum atomic E-state index is 10.8. The summed E-state index contributed by atoms with van der Waals surface area (Å²) in [6.45, 7) is 0.932. The van der Waals surface area contributed by atoms with Crippen LogP contribution in [0.5, 0.6) is 0 Å². The quantitative estimate of drug-likeness (QED) is 0.577. The summed E-state index contributed by atoms with van der Waals surface area (Å²) in [5.41, 5.74) is 0. The summed E-state index contributed by atoms with van der Waals surface area (Å²) in [6.07, 6.45) is 10.5. The Labute approximate surface area is 95.6 Å². The van der Waals surface area contributed by atoms with E-state index in [1.54, 1.807) is 6.20 Å². The van der Waals surface area contributed by atoms with Crippen molar-refractivity contribution < 1.29 is 9.53 Å². The topological polar surface area (TPSA) is 38.3 Å². The van der Waals surface area contributed by atoms with Gasteiger partial charge >= 0.3 is 5.97 Å². The number of hydrogen-bond donors (Lipinski definition) is 1. The van der Waals surface area contributed by atoms with Crippen molar-refractivity contribution in [3.05, 3.63) is 12.3 Å². The van der Waals surface area contributed by atoms with Crippen molar-refractivity contribution in [1.29, 1.82) is 0 Å². The largest absolute Gasteiger partial charge is 0.466 e. The molecule has 0 heterocycles. The molecule has 0 unspecified atom stereocenters. The van der Waals surface area contributed by atoms with Crippen LogP contribution in [0.25, 0.3) is 0 Å². The minimum Gasteiger partial charge on any atom is -0.466 e. The lowest BCUT2D eigenvalue weighted by Gasteiger charge is -2.26. The summed E-state index contributed by atoms with van der Waals surface area (Å²) >= 11 is 1.93. The Kier molecular flexibility index (Phi) is 5.02. The Morgan fingerprint density at radius 2 is 2.20 bits per heavy atom. The van der Waals surface area contributed by atoms with E-state index < -0.39 is 0 Å². The monoisotopic (exact) mass is 229 g/mol. The Morgan fingerprint density at radius 1 is 1.53 bits per heavy atom. The summed E-state index contributed by atoms with van der Waals surface area (Å²) < 4.78 is 4.88. The van der Waals surface area contributed by atoms with Crippen molar-refractivity contribution in [2.45, 2.75) is 30.4 Å². The minimum atomic E-state index is -0.313. The Bertz CT molecular complexity index is 235. The zero-order valence-electron chi connectivity index (χ0n) is 9.41. The second-order valence-corrected chi connectivity index (χ2v) is 5.11. The lowest BCUT2D eigenvalue weighted by molar-refractivity contribution is -0.134. The van der Waals surface area contributed by atoms with Crippen LogP contribution in [0.1, 0.15) is 25.7 Å². The van der Waals surface area contributed by atoms with E-state index in [9.17, 15) is 4.79 Å². The highest BCUT2D eigenvalue weighted by Gasteiger charge is 2.32. The van der Waals surface area contributed by atoms with E-state index in [1.807, 2.05) is 11.8 Å². The van der Waals surface area contributed by atoms with Gasteiger partial charge < -0.3 is 10.1 Å². The summed E-state index contributed by atoms with van der Waals surface area (Å²) in [4.78, 5) is 10.8. The van der Waals surface area contributed by atoms with E-state index in [1.165, 1.54) is 38.9 Å². The Balaban J connectivity index is 2.29. The van der Waals surface area contributed by atoms with Gasteiger partial charge in [-0.25, -0.2) is 4.79 Å². The number of methoxy groups -OCH3 is 1. The second-order valence-electron chi connectivity index (χ2n) is 3.83. The first-order chi connectivity index (χ1) is 7.22. The highest BCUT2D eigenvalue weighted by Crippen LogP contribution is 2.39. The molecular formula is C11H19NO2S. The standard InChI is InChI=1S/C11H19NO2S/c1-14-10(13)5-8-12-9-11(15-2)6-3-4-7-11/h5,8,12H,3-4,6-7,9H2,1-2H3/b8-5+. The van der Waals surface area contributed by atoms with Crippen molar-refractivity contribution >= 4 is 17.7 Å². The smallest absolute Gasteiger partial charge is 0.331 e. The first-order valence-electron chi connectivity index (χ1n) is 5.25. The molecule has 4 heteroatoms. The molecule has 0 aromatic carbocycles. The molecule has 1 aliphatic rings. The van der Waals surface area contributed by atoms with Gasteiger partial charge in [0.1, 0.15) is 0 Å². The zero-order valence-corrected chi connectivity index (χ0v) is 10.2. The normalized spacial score (nSPS) is 19.3. The third-order valence-electron chi connectivity index (χ3n) is 2.91. The van der Waals surface area contributed by atoms with Crippen molar-refractivity contribution in [1.82, 2.24) is 5.32 Å². The number of nitrogens with one attached hydrogen (secondary N) is 1. The van der Waals surface area contributed by atoms with Crippen molar-refractivity contribution in [3.8, 4) is 0 Å². The van der Waals surface area contributed by atoms with Gasteiger partial charge in [0.05, 0.1) is 7.11 Å². The average molecular weight is 229 g/mol. The van der Waals surface area contributed by atoms with Gasteiger partial charge in [0.25, 0.3) is 0 Å². The van der Waals surface area contributed by atoms with E-state index in [4.69, 9.17) is 0 Å². The summed E-state index contributed by atoms with van der Waals surface area (Å²) in [5.74, 6) is -0.313. The van der Waals surface area contributed by atoms with Crippen LogP contribution < -0.4 is 5.32 Å². The van der Waals surface area contributed by atoms with E-state index in [-0.39, 0.29) is 5.97 Å². The predicted octanol–water partition coefficient (Wildman–Crippen LogP) is 1.94. The van der Waals surface area contributed by atoms with E-state index in [2.05, 4.69) is 16.3 Å². The number of ether oxygens (including phenoxy) is 1. The van der Waals surface area contributed by atoms with Crippen molar-refractivity contribution in [2.75, 3.05) is 19.9 Å². The zero-order chi connectivity index (χ0) is 11.1. The molecule has 0 radical (unpaired) electrons. The van der Waals surface area contributed by atoms with Crippen LogP contribution in [0, 0.1) is 0 Å². The maximum absolute atomic E-state index is 10.8. The third kappa shape index (κ3) is 3.78. The van der Waals surface area contributed by atoms with Crippen LogP contribution in [-0.2, 0) is 9.53 Å². The van der Waals surface area contributed by atoms with Crippen molar-refractivity contribution in [3.63, 3.8) is 0 Å². The van der Waals surface area contributed by atoms with E-state index in [0.29, 0.717) is 4.75 Å². The molecule has 1 aliphatic carbocycles. The van der Waals surface area contributed by atoms with Crippen molar-refractivity contribution in [2.24, 2.45) is 0 Å². The Hall–Kier alpha value is -0.640. The number of rotatable bonds is 5. The molecule has 0 bridgehead atoms. The number of thioether (sulfide) groups is 1. The number of hydrogen-bond acceptors (Lipinski definition) is 4. The lowest BCUT2D eigenvalue weighted by Crippen LogP contribution is -2.32. The first-order valence-corrected chi connectivity index (χ1v) is 6.48. The maximum Gasteiger partial charge on any atom is 0.331 e. The average Bonchev–Trinajstić information content (AvgIpc) is 2.73. The van der Waals surface area contributed by atoms with Gasteiger partial charge in [-0.1, -0.05) is 12.8 Å². The van der Waals surface area contributed by atoms with Crippen LogP contribution >= 0.6 is 11.8 Å². The molecule has 0 amide bonds. The van der Waals surface area contributed by atoms with Crippen LogP contribution in [-0.4, -0.2) is 30.6 Å². The number of esters is 1. The lowest BCUT2D eigenvalue weighted by atomic mass is 10.1. The summed E-state index contributed by atoms with van der Waals surface area (Å²) in [5, 5.41) is 3.18. The first kappa shape index (κ1) is 12.4. The van der Waals surface area contributed by atoms with Gasteiger partial charge in [0, 0.05) is 23.6 Å². The van der Waals surface area contributed by atoms with Crippen LogP contribution in [0.15, 0.2) is 12.3 Å². The van der Waals surface area contributed by atoms with Crippen LogP contribution in [0.2, 0.25) is 0 Å². The molecule has 1 saturated carbocycles. The molecule has 1 fully saturated rings. The molecule has 0 aromatic rings. The fourth-order valence-corrected chi connectivity index (χ4v) is 2.84. The van der Waals surface area contributed by atoms with E-state index >= 15 is 0 Å². The summed E-state index contributed by atoms with van der Waals surface area (Å²) in [6, 6.07) is 0. The molecule has 3 nitrogen and oxygen atoms in total. The predicted molar refractivity (Wildman–Crippen MR) is 63.9 cm³/mol. The van der Waals surface area contributed by atoms with Gasteiger partial charge in [-0.2, -0.15) is 11.8 Å². The SMILES string of the molecule is COC(=O)/C=C/NCC1(SC)CCCC1. The van der Waals surface area contributed by atoms with Gasteiger partial charge in [-0.05, 0) is 19.1 Å². The van der Waals surface area contributed by atoms with Crippen LogP contribution in [0.3, 0.4) is 0 Å². The molecule has 0 atom stereocenters. The molecular weight excluding hydrogens is 210 g/mol. The highest BCUT2D eigenvalue weighted by molar-refractivity contribution is 8.00. The van der Waals surface area contributed by atoms with Gasteiger partial charge in [-0.15, -0.1) is 0 Å². The minimum absolute atomic E-state index is 0.313. The second kappa shape index (κ2) is 6.05. The fourth-order valence-electron chi connectivity index (χ4n) is 1.91. The molecule has 0 aliphatic heterocycles. The molecule has 0 saturated heterocycles. The van der Waals surface area contributed by atoms with Gasteiger partial charge in [0.2, 0.25) is 0 Å². The third-order valence-corrected chi connectivity index (χ3v) is 4.33. The number of carbonyl (C=O) groups is 1. The molecule has 86 valence electrons. The molecule has 1 rings (SSSR count). The van der Waals surface area contributed by atoms with Gasteiger partial charge in [-0.3, -0.25) is 0 Å². The van der Waals surface area contributed by atoms with E-state index in [0.717, 1.165) is 6.54 Å². The Morgan fingerprint density at radius 3 is 2.73 bits per heavy atom. The molecule has 15 heavy (non-hydrogen) atoms. The summed E-state index contributed by atoms with van der Waals surface area (Å²) in [7, 11) is 1.38. The molecule has 0 spiro atoms. The molecule has 0 aromatic heterocycles. The molecule has 1 N–H and O–H groups in total.